The van der Waals surface area contributed by atoms with Gasteiger partial charge in [0.15, 0.2) is 11.5 Å². The number of ketones is 1. The zero-order chi connectivity index (χ0) is 22.4. The number of Topliss-reactive ketones (excluding diaryl/α,β-unsaturated/α-hetero) is 1. The van der Waals surface area contributed by atoms with Gasteiger partial charge < -0.3 is 19.5 Å². The van der Waals surface area contributed by atoms with Gasteiger partial charge in [-0.1, -0.05) is 62.6 Å². The van der Waals surface area contributed by atoms with Crippen molar-refractivity contribution in [1.82, 2.24) is 4.90 Å². The van der Waals surface area contributed by atoms with E-state index in [1.54, 1.807) is 54.5 Å². The molecule has 3 rings (SSSR count). The van der Waals surface area contributed by atoms with Crippen molar-refractivity contribution in [2.24, 2.45) is 0 Å². The highest BCUT2D eigenvalue weighted by Gasteiger charge is 2.46. The number of aliphatic hydroxyl groups excluding tert-OH is 1. The largest absolute Gasteiger partial charge is 0.507 e. The summed E-state index contributed by atoms with van der Waals surface area (Å²) in [7, 11) is 3.08. The Kier molecular flexibility index (Phi) is 7.34. The second kappa shape index (κ2) is 10.2. The molecule has 6 nitrogen and oxygen atoms in total. The lowest BCUT2D eigenvalue weighted by atomic mass is 9.95. The van der Waals surface area contributed by atoms with Crippen LogP contribution < -0.4 is 9.47 Å². The third-order valence-electron chi connectivity index (χ3n) is 5.56. The van der Waals surface area contributed by atoms with Crippen molar-refractivity contribution in [2.45, 2.75) is 38.6 Å². The molecule has 0 radical (unpaired) electrons. The van der Waals surface area contributed by atoms with Gasteiger partial charge in [0.2, 0.25) is 0 Å². The molecule has 1 aliphatic rings. The Labute approximate surface area is 183 Å². The Hall–Kier alpha value is -3.28. The predicted octanol–water partition coefficient (Wildman–Crippen LogP) is 4.71. The van der Waals surface area contributed by atoms with E-state index < -0.39 is 17.7 Å². The number of amides is 1. The van der Waals surface area contributed by atoms with Gasteiger partial charge in [0.1, 0.15) is 5.76 Å². The van der Waals surface area contributed by atoms with Crippen molar-refractivity contribution in [3.8, 4) is 11.5 Å². The Balaban J connectivity index is 2.10. The summed E-state index contributed by atoms with van der Waals surface area (Å²) in [5.74, 6) is -0.384. The van der Waals surface area contributed by atoms with Gasteiger partial charge in [0, 0.05) is 12.1 Å². The fraction of sp³-hybridized carbons (Fsp3) is 0.360. The Morgan fingerprint density at radius 1 is 0.968 bits per heavy atom. The van der Waals surface area contributed by atoms with Gasteiger partial charge in [-0.15, -0.1) is 0 Å². The van der Waals surface area contributed by atoms with Crippen LogP contribution in [-0.4, -0.2) is 42.5 Å². The SMILES string of the molecule is CCCCCCN1C(=O)C(=O)C(=C(O)c2ccccc2)[C@H]1c1ccc(OC)c(OC)c1. The van der Waals surface area contributed by atoms with Crippen LogP contribution in [0.15, 0.2) is 54.1 Å². The summed E-state index contributed by atoms with van der Waals surface area (Å²) < 4.78 is 10.8. The highest BCUT2D eigenvalue weighted by molar-refractivity contribution is 6.46. The number of nitrogens with zero attached hydrogens (tertiary/aromatic N) is 1. The van der Waals surface area contributed by atoms with Crippen LogP contribution in [0.1, 0.15) is 49.8 Å². The maximum Gasteiger partial charge on any atom is 0.295 e. The summed E-state index contributed by atoms with van der Waals surface area (Å²) in [5, 5.41) is 11.0. The van der Waals surface area contributed by atoms with Crippen LogP contribution >= 0.6 is 0 Å². The van der Waals surface area contributed by atoms with Crippen LogP contribution in [0.5, 0.6) is 11.5 Å². The van der Waals surface area contributed by atoms with Crippen molar-refractivity contribution in [3.05, 3.63) is 65.2 Å². The van der Waals surface area contributed by atoms with E-state index >= 15 is 0 Å². The monoisotopic (exact) mass is 423 g/mol. The van der Waals surface area contributed by atoms with Gasteiger partial charge in [-0.2, -0.15) is 0 Å². The molecule has 1 atom stereocenters. The summed E-state index contributed by atoms with van der Waals surface area (Å²) in [6.45, 7) is 2.56. The molecule has 1 fully saturated rings. The standard InChI is InChI=1S/C25H29NO5/c1-4-5-6-10-15-26-22(18-13-14-19(30-2)20(16-18)31-3)21(24(28)25(26)29)23(27)17-11-8-7-9-12-17/h7-9,11-14,16,22,27H,4-6,10,15H2,1-3H3/t22-/m1/s1. The molecule has 1 amide bonds. The lowest BCUT2D eigenvalue weighted by molar-refractivity contribution is -0.139. The van der Waals surface area contributed by atoms with Gasteiger partial charge in [0.25, 0.3) is 11.7 Å². The van der Waals surface area contributed by atoms with E-state index in [4.69, 9.17) is 9.47 Å². The van der Waals surface area contributed by atoms with Gasteiger partial charge >= 0.3 is 0 Å². The highest BCUT2D eigenvalue weighted by atomic mass is 16.5. The van der Waals surface area contributed by atoms with Gasteiger partial charge in [-0.05, 0) is 24.1 Å². The van der Waals surface area contributed by atoms with Crippen LogP contribution in [0.25, 0.3) is 5.76 Å². The molecular weight excluding hydrogens is 394 g/mol. The molecule has 1 heterocycles. The van der Waals surface area contributed by atoms with E-state index in [1.165, 1.54) is 7.11 Å². The van der Waals surface area contributed by atoms with Gasteiger partial charge in [0.05, 0.1) is 25.8 Å². The maximum absolute atomic E-state index is 13.0. The molecule has 31 heavy (non-hydrogen) atoms. The Morgan fingerprint density at radius 2 is 1.68 bits per heavy atom. The van der Waals surface area contributed by atoms with E-state index in [-0.39, 0.29) is 11.3 Å². The number of carbonyl (C=O) groups excluding carboxylic acids is 2. The average molecular weight is 424 g/mol. The van der Waals surface area contributed by atoms with Gasteiger partial charge in [-0.25, -0.2) is 0 Å². The van der Waals surface area contributed by atoms with Crippen molar-refractivity contribution in [2.75, 3.05) is 20.8 Å². The molecule has 1 saturated heterocycles. The molecule has 6 heteroatoms. The number of rotatable bonds is 9. The summed E-state index contributed by atoms with van der Waals surface area (Å²) in [6.07, 6.45) is 3.90. The molecule has 1 aliphatic heterocycles. The molecule has 2 aromatic rings. The first-order valence-corrected chi connectivity index (χ1v) is 10.6. The van der Waals surface area contributed by atoms with Crippen molar-refractivity contribution < 1.29 is 24.2 Å². The summed E-state index contributed by atoms with van der Waals surface area (Å²) in [5.41, 5.74) is 1.28. The minimum Gasteiger partial charge on any atom is -0.507 e. The molecule has 0 saturated carbocycles. The molecule has 1 N–H and O–H groups in total. The van der Waals surface area contributed by atoms with Crippen molar-refractivity contribution in [1.29, 1.82) is 0 Å². The average Bonchev–Trinajstić information content (AvgIpc) is 3.06. The molecule has 0 aromatic heterocycles. The number of likely N-dealkylation sites (tertiary alicyclic amines) is 1. The van der Waals surface area contributed by atoms with E-state index in [0.717, 1.165) is 25.7 Å². The number of unbranched alkanes of at least 4 members (excludes halogenated alkanes) is 3. The quantitative estimate of drug-likeness (QED) is 0.274. The third-order valence-corrected chi connectivity index (χ3v) is 5.56. The van der Waals surface area contributed by atoms with E-state index in [2.05, 4.69) is 6.92 Å². The van der Waals surface area contributed by atoms with Crippen LogP contribution in [-0.2, 0) is 9.59 Å². The molecule has 0 spiro atoms. The fourth-order valence-corrected chi connectivity index (χ4v) is 3.94. The van der Waals surface area contributed by atoms with E-state index in [1.807, 2.05) is 6.07 Å². The second-order valence-corrected chi connectivity index (χ2v) is 7.53. The summed E-state index contributed by atoms with van der Waals surface area (Å²) in [6, 6.07) is 13.4. The van der Waals surface area contributed by atoms with Crippen LogP contribution in [0.2, 0.25) is 0 Å². The van der Waals surface area contributed by atoms with E-state index in [0.29, 0.717) is 29.2 Å². The zero-order valence-corrected chi connectivity index (χ0v) is 18.3. The molecule has 0 unspecified atom stereocenters. The van der Waals surface area contributed by atoms with Crippen LogP contribution in [0.4, 0.5) is 0 Å². The lowest BCUT2D eigenvalue weighted by Gasteiger charge is -2.26. The summed E-state index contributed by atoms with van der Waals surface area (Å²) in [4.78, 5) is 27.5. The molecule has 164 valence electrons. The Bertz CT molecular complexity index is 967. The minimum absolute atomic E-state index is 0.0962. The topological polar surface area (TPSA) is 76.1 Å². The first kappa shape index (κ1) is 22.4. The van der Waals surface area contributed by atoms with Crippen LogP contribution in [0.3, 0.4) is 0 Å². The molecular formula is C25H29NO5. The van der Waals surface area contributed by atoms with Crippen molar-refractivity contribution >= 4 is 17.4 Å². The first-order valence-electron chi connectivity index (χ1n) is 10.6. The minimum atomic E-state index is -0.693. The number of methoxy groups -OCH3 is 2. The number of benzene rings is 2. The molecule has 2 aromatic carbocycles. The fourth-order valence-electron chi connectivity index (χ4n) is 3.94. The predicted molar refractivity (Wildman–Crippen MR) is 119 cm³/mol. The Morgan fingerprint density at radius 3 is 2.32 bits per heavy atom. The van der Waals surface area contributed by atoms with Gasteiger partial charge in [-0.3, -0.25) is 9.59 Å². The third kappa shape index (κ3) is 4.58. The number of aliphatic hydroxyl groups is 1. The number of hydrogen-bond acceptors (Lipinski definition) is 5. The smallest absolute Gasteiger partial charge is 0.295 e. The molecule has 0 aliphatic carbocycles. The lowest BCUT2D eigenvalue weighted by Crippen LogP contribution is -2.30. The zero-order valence-electron chi connectivity index (χ0n) is 18.3. The highest BCUT2D eigenvalue weighted by Crippen LogP contribution is 2.42. The first-order chi connectivity index (χ1) is 15.0. The number of hydrogen-bond donors (Lipinski definition) is 1. The molecule has 0 bridgehead atoms. The second-order valence-electron chi connectivity index (χ2n) is 7.53. The maximum atomic E-state index is 13.0. The summed E-state index contributed by atoms with van der Waals surface area (Å²) >= 11 is 0. The number of carbonyl (C=O) groups is 2. The van der Waals surface area contributed by atoms with Crippen LogP contribution in [0, 0.1) is 0 Å². The number of ether oxygens (including phenoxy) is 2. The normalized spacial score (nSPS) is 17.8. The van der Waals surface area contributed by atoms with E-state index in [9.17, 15) is 14.7 Å². The van der Waals surface area contributed by atoms with Crippen molar-refractivity contribution in [3.63, 3.8) is 0 Å².